The molecule has 0 unspecified atom stereocenters. The SMILES string of the molecule is N#Cc1cc[c]cc1CC1CCN(c2ccc([N+](=O)[O-])cc2Cl)CC1. The van der Waals surface area contributed by atoms with Gasteiger partial charge in [-0.2, -0.15) is 5.26 Å². The molecule has 1 aliphatic rings. The number of anilines is 1. The second-order valence-corrected chi connectivity index (χ2v) is 6.63. The lowest BCUT2D eigenvalue weighted by Crippen LogP contribution is -2.34. The highest BCUT2D eigenvalue weighted by molar-refractivity contribution is 6.33. The number of benzene rings is 2. The molecule has 1 fully saturated rings. The second kappa shape index (κ2) is 7.54. The normalized spacial score (nSPS) is 15.0. The Balaban J connectivity index is 1.64. The Hall–Kier alpha value is -2.58. The highest BCUT2D eigenvalue weighted by atomic mass is 35.5. The van der Waals surface area contributed by atoms with Gasteiger partial charge in [-0.3, -0.25) is 10.1 Å². The van der Waals surface area contributed by atoms with Crippen molar-refractivity contribution in [1.29, 1.82) is 5.26 Å². The van der Waals surface area contributed by atoms with Crippen molar-refractivity contribution in [1.82, 2.24) is 0 Å². The first-order valence-corrected chi connectivity index (χ1v) is 8.54. The number of hydrogen-bond acceptors (Lipinski definition) is 4. The monoisotopic (exact) mass is 354 g/mol. The maximum atomic E-state index is 10.8. The zero-order valence-corrected chi connectivity index (χ0v) is 14.4. The molecule has 1 saturated heterocycles. The van der Waals surface area contributed by atoms with Crippen LogP contribution >= 0.6 is 11.6 Å². The zero-order chi connectivity index (χ0) is 17.8. The molecule has 1 heterocycles. The molecule has 6 heteroatoms. The van der Waals surface area contributed by atoms with E-state index in [1.54, 1.807) is 18.2 Å². The fourth-order valence-electron chi connectivity index (χ4n) is 3.30. The molecule has 0 aromatic heterocycles. The molecule has 1 aliphatic heterocycles. The Kier molecular flexibility index (Phi) is 5.20. The molecule has 0 N–H and O–H groups in total. The van der Waals surface area contributed by atoms with Crippen molar-refractivity contribution in [3.05, 3.63) is 68.7 Å². The van der Waals surface area contributed by atoms with Gasteiger partial charge in [-0.25, -0.2) is 0 Å². The van der Waals surface area contributed by atoms with Gasteiger partial charge in [-0.1, -0.05) is 17.7 Å². The largest absolute Gasteiger partial charge is 0.370 e. The smallest absolute Gasteiger partial charge is 0.271 e. The van der Waals surface area contributed by atoms with Crippen molar-refractivity contribution in [2.45, 2.75) is 19.3 Å². The quantitative estimate of drug-likeness (QED) is 0.603. The highest BCUT2D eigenvalue weighted by Crippen LogP contribution is 2.33. The third kappa shape index (κ3) is 3.92. The van der Waals surface area contributed by atoms with E-state index in [0.717, 1.165) is 49.2 Å². The van der Waals surface area contributed by atoms with Crippen LogP contribution in [-0.2, 0) is 6.42 Å². The Bertz CT molecular complexity index is 824. The van der Waals surface area contributed by atoms with Gasteiger partial charge in [0.1, 0.15) is 0 Å². The molecule has 0 spiro atoms. The van der Waals surface area contributed by atoms with Crippen molar-refractivity contribution in [2.75, 3.05) is 18.0 Å². The van der Waals surface area contributed by atoms with E-state index in [1.165, 1.54) is 12.1 Å². The van der Waals surface area contributed by atoms with Gasteiger partial charge in [0.15, 0.2) is 0 Å². The Morgan fingerprint density at radius 2 is 2.12 bits per heavy atom. The molecule has 0 amide bonds. The Morgan fingerprint density at radius 1 is 1.36 bits per heavy atom. The highest BCUT2D eigenvalue weighted by Gasteiger charge is 2.22. The van der Waals surface area contributed by atoms with E-state index in [2.05, 4.69) is 17.0 Å². The lowest BCUT2D eigenvalue weighted by molar-refractivity contribution is -0.384. The Morgan fingerprint density at radius 3 is 2.76 bits per heavy atom. The summed E-state index contributed by atoms with van der Waals surface area (Å²) in [5.74, 6) is 0.510. The van der Waals surface area contributed by atoms with E-state index < -0.39 is 4.92 Å². The summed E-state index contributed by atoms with van der Waals surface area (Å²) in [4.78, 5) is 12.6. The molecular formula is C19H17ClN3O2. The fourth-order valence-corrected chi connectivity index (χ4v) is 3.59. The van der Waals surface area contributed by atoms with Crippen LogP contribution in [0, 0.1) is 33.4 Å². The molecule has 25 heavy (non-hydrogen) atoms. The van der Waals surface area contributed by atoms with Crippen molar-refractivity contribution >= 4 is 23.0 Å². The van der Waals surface area contributed by atoms with Crippen molar-refractivity contribution in [3.8, 4) is 6.07 Å². The van der Waals surface area contributed by atoms with Crippen molar-refractivity contribution in [3.63, 3.8) is 0 Å². The maximum Gasteiger partial charge on any atom is 0.271 e. The van der Waals surface area contributed by atoms with Gasteiger partial charge in [-0.15, -0.1) is 0 Å². The molecular weight excluding hydrogens is 338 g/mol. The lowest BCUT2D eigenvalue weighted by atomic mass is 9.88. The van der Waals surface area contributed by atoms with E-state index in [0.29, 0.717) is 10.9 Å². The number of halogens is 1. The van der Waals surface area contributed by atoms with Crippen LogP contribution < -0.4 is 4.90 Å². The summed E-state index contributed by atoms with van der Waals surface area (Å²) in [5, 5.41) is 20.4. The van der Waals surface area contributed by atoms with Gasteiger partial charge < -0.3 is 4.90 Å². The van der Waals surface area contributed by atoms with E-state index in [4.69, 9.17) is 11.6 Å². The number of rotatable bonds is 4. The third-order valence-corrected chi connectivity index (χ3v) is 4.98. The molecule has 2 aromatic carbocycles. The van der Waals surface area contributed by atoms with Crippen LogP contribution in [0.4, 0.5) is 11.4 Å². The number of nitriles is 1. The van der Waals surface area contributed by atoms with Crippen LogP contribution in [0.2, 0.25) is 5.02 Å². The summed E-state index contributed by atoms with van der Waals surface area (Å²) < 4.78 is 0. The van der Waals surface area contributed by atoms with Crippen LogP contribution in [0.5, 0.6) is 0 Å². The number of piperidine rings is 1. The Labute approximate surface area is 151 Å². The minimum atomic E-state index is -0.439. The minimum absolute atomic E-state index is 0.00740. The second-order valence-electron chi connectivity index (χ2n) is 6.22. The first kappa shape index (κ1) is 17.2. The zero-order valence-electron chi connectivity index (χ0n) is 13.6. The predicted octanol–water partition coefficient (Wildman–Crippen LogP) is 4.38. The topological polar surface area (TPSA) is 70.2 Å². The standard InChI is InChI=1S/C19H17ClN3O2/c20-18-12-17(23(24)25)5-6-19(18)22-9-7-14(8-10-22)11-15-3-1-2-4-16(15)13-21/h2-6,12,14H,7-11H2. The number of non-ortho nitro benzene ring substituents is 1. The number of nitro benzene ring substituents is 1. The molecule has 127 valence electrons. The van der Waals surface area contributed by atoms with Gasteiger partial charge in [0.2, 0.25) is 0 Å². The summed E-state index contributed by atoms with van der Waals surface area (Å²) in [6.45, 7) is 1.70. The summed E-state index contributed by atoms with van der Waals surface area (Å²) in [6.07, 6.45) is 2.86. The van der Waals surface area contributed by atoms with Crippen LogP contribution in [0.1, 0.15) is 24.0 Å². The number of nitrogens with zero attached hydrogens (tertiary/aromatic N) is 3. The maximum absolute atomic E-state index is 10.8. The predicted molar refractivity (Wildman–Crippen MR) is 96.7 cm³/mol. The van der Waals surface area contributed by atoms with Gasteiger partial charge in [-0.05, 0) is 55.0 Å². The average molecular weight is 355 g/mol. The molecule has 0 saturated carbocycles. The molecule has 3 rings (SSSR count). The van der Waals surface area contributed by atoms with Gasteiger partial charge in [0.25, 0.3) is 5.69 Å². The molecule has 0 aliphatic carbocycles. The van der Waals surface area contributed by atoms with Crippen molar-refractivity contribution in [2.24, 2.45) is 5.92 Å². The lowest BCUT2D eigenvalue weighted by Gasteiger charge is -2.34. The van der Waals surface area contributed by atoms with E-state index >= 15 is 0 Å². The summed E-state index contributed by atoms with van der Waals surface area (Å²) >= 11 is 6.23. The number of hydrogen-bond donors (Lipinski definition) is 0. The van der Waals surface area contributed by atoms with E-state index in [-0.39, 0.29) is 5.69 Å². The molecule has 1 radical (unpaired) electrons. The molecule has 0 atom stereocenters. The fraction of sp³-hybridized carbons (Fsp3) is 0.316. The van der Waals surface area contributed by atoms with Crippen LogP contribution in [-0.4, -0.2) is 18.0 Å². The van der Waals surface area contributed by atoms with Crippen LogP contribution in [0.15, 0.2) is 36.4 Å². The van der Waals surface area contributed by atoms with Gasteiger partial charge >= 0.3 is 0 Å². The molecule has 5 nitrogen and oxygen atoms in total. The van der Waals surface area contributed by atoms with E-state index in [1.807, 2.05) is 6.07 Å². The first-order valence-electron chi connectivity index (χ1n) is 8.16. The van der Waals surface area contributed by atoms with Gasteiger partial charge in [0, 0.05) is 25.2 Å². The molecule has 0 bridgehead atoms. The average Bonchev–Trinajstić information content (AvgIpc) is 2.63. The molecule has 2 aromatic rings. The van der Waals surface area contributed by atoms with Crippen LogP contribution in [0.3, 0.4) is 0 Å². The van der Waals surface area contributed by atoms with Crippen LogP contribution in [0.25, 0.3) is 0 Å². The van der Waals surface area contributed by atoms with E-state index in [9.17, 15) is 15.4 Å². The van der Waals surface area contributed by atoms with Crippen molar-refractivity contribution < 1.29 is 4.92 Å². The summed E-state index contributed by atoms with van der Waals surface area (Å²) in [6, 6.07) is 15.4. The van der Waals surface area contributed by atoms with Gasteiger partial charge in [0.05, 0.1) is 27.3 Å². The third-order valence-electron chi connectivity index (χ3n) is 4.68. The number of nitro groups is 1. The summed E-state index contributed by atoms with van der Waals surface area (Å²) in [7, 11) is 0. The minimum Gasteiger partial charge on any atom is -0.370 e. The first-order chi connectivity index (χ1) is 12.1. The summed E-state index contributed by atoms with van der Waals surface area (Å²) in [5.41, 5.74) is 2.63.